The molecule has 9 heteroatoms. The van der Waals surface area contributed by atoms with Crippen molar-refractivity contribution < 1.29 is 9.47 Å². The van der Waals surface area contributed by atoms with E-state index in [9.17, 15) is 0 Å². The standard InChI is InChI=1S/C23H30ClN5O2.HI/c1-25-23(27-17-7-8-21-22(15-17)31-14-4-13-30-21)26-16-18-19(24)5-3-6-20(18)29-11-9-28(2)10-12-29;/h3,5-8,15H,4,9-14,16H2,1-2H3,(H2,25,26,27);1H. The number of nitrogens with one attached hydrogen (secondary N) is 2. The van der Waals surface area contributed by atoms with Gasteiger partial charge in [-0.1, -0.05) is 17.7 Å². The van der Waals surface area contributed by atoms with Crippen LogP contribution in [-0.2, 0) is 6.54 Å². The SMILES string of the molecule is CN=C(NCc1c(Cl)cccc1N1CCN(C)CC1)Nc1ccc2c(c1)OCCCO2.I. The van der Waals surface area contributed by atoms with Crippen LogP contribution < -0.4 is 25.0 Å². The van der Waals surface area contributed by atoms with Crippen LogP contribution in [-0.4, -0.2) is 64.3 Å². The molecule has 0 aromatic heterocycles. The molecule has 2 aromatic rings. The van der Waals surface area contributed by atoms with Gasteiger partial charge in [-0.3, -0.25) is 4.99 Å². The molecule has 4 rings (SSSR count). The molecule has 1 saturated heterocycles. The maximum absolute atomic E-state index is 6.59. The molecular formula is C23H31ClIN5O2. The lowest BCUT2D eigenvalue weighted by Gasteiger charge is -2.35. The number of hydrogen-bond acceptors (Lipinski definition) is 5. The zero-order valence-electron chi connectivity index (χ0n) is 18.6. The van der Waals surface area contributed by atoms with E-state index in [4.69, 9.17) is 21.1 Å². The Morgan fingerprint density at radius 1 is 1.06 bits per heavy atom. The van der Waals surface area contributed by atoms with E-state index in [0.717, 1.165) is 60.4 Å². The lowest BCUT2D eigenvalue weighted by molar-refractivity contribution is 0.297. The lowest BCUT2D eigenvalue weighted by atomic mass is 10.1. The van der Waals surface area contributed by atoms with Crippen LogP contribution in [0.4, 0.5) is 11.4 Å². The fraction of sp³-hybridized carbons (Fsp3) is 0.435. The van der Waals surface area contributed by atoms with Crippen molar-refractivity contribution in [2.75, 3.05) is 63.7 Å². The molecule has 0 unspecified atom stereocenters. The van der Waals surface area contributed by atoms with Crippen LogP contribution >= 0.6 is 35.6 Å². The molecule has 0 atom stereocenters. The number of rotatable bonds is 4. The van der Waals surface area contributed by atoms with Crippen LogP contribution in [0.3, 0.4) is 0 Å². The van der Waals surface area contributed by atoms with Gasteiger partial charge in [-0.2, -0.15) is 0 Å². The van der Waals surface area contributed by atoms with Gasteiger partial charge in [0.15, 0.2) is 17.5 Å². The van der Waals surface area contributed by atoms with Crippen molar-refractivity contribution in [1.29, 1.82) is 0 Å². The summed E-state index contributed by atoms with van der Waals surface area (Å²) in [4.78, 5) is 9.12. The topological polar surface area (TPSA) is 61.4 Å². The highest BCUT2D eigenvalue weighted by atomic mass is 127. The molecule has 2 N–H and O–H groups in total. The number of hydrogen-bond donors (Lipinski definition) is 2. The Morgan fingerprint density at radius 3 is 2.56 bits per heavy atom. The number of anilines is 2. The van der Waals surface area contributed by atoms with Gasteiger partial charge < -0.3 is 29.9 Å². The summed E-state index contributed by atoms with van der Waals surface area (Å²) in [5.74, 6) is 2.19. The first kappa shape index (κ1) is 24.7. The van der Waals surface area contributed by atoms with E-state index in [-0.39, 0.29) is 24.0 Å². The van der Waals surface area contributed by atoms with Gasteiger partial charge in [0.05, 0.1) is 13.2 Å². The third kappa shape index (κ3) is 6.11. The molecule has 2 heterocycles. The van der Waals surface area contributed by atoms with Gasteiger partial charge in [-0.25, -0.2) is 0 Å². The Bertz CT molecular complexity index is 935. The molecule has 7 nitrogen and oxygen atoms in total. The van der Waals surface area contributed by atoms with Crippen LogP contribution in [0.1, 0.15) is 12.0 Å². The minimum Gasteiger partial charge on any atom is -0.490 e. The van der Waals surface area contributed by atoms with Crippen molar-refractivity contribution >= 4 is 52.9 Å². The summed E-state index contributed by atoms with van der Waals surface area (Å²) in [6.45, 7) is 5.99. The van der Waals surface area contributed by atoms with E-state index in [1.54, 1.807) is 7.05 Å². The number of halogens is 2. The summed E-state index contributed by atoms with van der Waals surface area (Å²) in [5, 5.41) is 7.49. The minimum absolute atomic E-state index is 0. The summed E-state index contributed by atoms with van der Waals surface area (Å²) in [6.07, 6.45) is 0.883. The monoisotopic (exact) mass is 571 g/mol. The van der Waals surface area contributed by atoms with Crippen molar-refractivity contribution in [2.45, 2.75) is 13.0 Å². The number of benzene rings is 2. The quantitative estimate of drug-likeness (QED) is 0.328. The summed E-state index contributed by atoms with van der Waals surface area (Å²) in [5.41, 5.74) is 3.14. The number of likely N-dealkylation sites (N-methyl/N-ethyl adjacent to an activating group) is 1. The summed E-state index contributed by atoms with van der Waals surface area (Å²) >= 11 is 6.59. The largest absolute Gasteiger partial charge is 0.490 e. The number of guanidine groups is 1. The van der Waals surface area contributed by atoms with Crippen LogP contribution in [0.25, 0.3) is 0 Å². The first-order valence-electron chi connectivity index (χ1n) is 10.7. The average Bonchev–Trinajstić information content (AvgIpc) is 3.03. The number of nitrogens with zero attached hydrogens (tertiary/aromatic N) is 3. The van der Waals surface area contributed by atoms with E-state index in [1.807, 2.05) is 30.3 Å². The van der Waals surface area contributed by atoms with E-state index >= 15 is 0 Å². The predicted molar refractivity (Wildman–Crippen MR) is 142 cm³/mol. The molecule has 0 saturated carbocycles. The van der Waals surface area contributed by atoms with E-state index in [1.165, 1.54) is 5.69 Å². The molecule has 2 aliphatic heterocycles. The highest BCUT2D eigenvalue weighted by Gasteiger charge is 2.19. The predicted octanol–water partition coefficient (Wildman–Crippen LogP) is 4.06. The first-order chi connectivity index (χ1) is 15.1. The van der Waals surface area contributed by atoms with Crippen LogP contribution in [0, 0.1) is 0 Å². The zero-order valence-corrected chi connectivity index (χ0v) is 21.7. The smallest absolute Gasteiger partial charge is 0.195 e. The van der Waals surface area contributed by atoms with Crippen LogP contribution in [0.5, 0.6) is 11.5 Å². The second kappa shape index (κ2) is 11.8. The second-order valence-corrected chi connectivity index (χ2v) is 8.20. The Labute approximate surface area is 212 Å². The third-order valence-electron chi connectivity index (χ3n) is 5.60. The Hall–Kier alpha value is -1.91. The van der Waals surface area contributed by atoms with E-state index < -0.39 is 0 Å². The van der Waals surface area contributed by atoms with Gasteiger partial charge in [0.2, 0.25) is 0 Å². The summed E-state index contributed by atoms with van der Waals surface area (Å²) in [7, 11) is 3.92. The first-order valence-corrected chi connectivity index (χ1v) is 11.1. The highest BCUT2D eigenvalue weighted by molar-refractivity contribution is 14.0. The normalized spacial score (nSPS) is 16.7. The molecule has 0 spiro atoms. The maximum atomic E-state index is 6.59. The lowest BCUT2D eigenvalue weighted by Crippen LogP contribution is -2.45. The van der Waals surface area contributed by atoms with Crippen molar-refractivity contribution in [3.8, 4) is 11.5 Å². The number of aliphatic imine (C=N–C) groups is 1. The summed E-state index contributed by atoms with van der Waals surface area (Å²) in [6, 6.07) is 11.9. The van der Waals surface area contributed by atoms with Gasteiger partial charge in [0.1, 0.15) is 0 Å². The van der Waals surface area contributed by atoms with Crippen molar-refractivity contribution in [1.82, 2.24) is 10.2 Å². The molecule has 32 heavy (non-hydrogen) atoms. The molecular weight excluding hydrogens is 541 g/mol. The number of ether oxygens (including phenoxy) is 2. The van der Waals surface area contributed by atoms with E-state index in [2.05, 4.69) is 38.5 Å². The summed E-state index contributed by atoms with van der Waals surface area (Å²) < 4.78 is 11.5. The second-order valence-electron chi connectivity index (χ2n) is 7.79. The average molecular weight is 572 g/mol. The Kier molecular flexibility index (Phi) is 9.12. The number of piperazine rings is 1. The van der Waals surface area contributed by atoms with Gasteiger partial charge in [0.25, 0.3) is 0 Å². The van der Waals surface area contributed by atoms with Crippen LogP contribution in [0.2, 0.25) is 5.02 Å². The third-order valence-corrected chi connectivity index (χ3v) is 5.96. The van der Waals surface area contributed by atoms with Crippen molar-refractivity contribution in [3.05, 3.63) is 47.0 Å². The molecule has 0 bridgehead atoms. The Morgan fingerprint density at radius 2 is 1.81 bits per heavy atom. The molecule has 2 aliphatic rings. The molecule has 2 aromatic carbocycles. The van der Waals surface area contributed by atoms with Gasteiger partial charge in [-0.05, 0) is 31.3 Å². The maximum Gasteiger partial charge on any atom is 0.195 e. The minimum atomic E-state index is 0. The van der Waals surface area contributed by atoms with E-state index in [0.29, 0.717) is 25.7 Å². The molecule has 0 amide bonds. The van der Waals surface area contributed by atoms with Crippen LogP contribution in [0.15, 0.2) is 41.4 Å². The molecule has 174 valence electrons. The molecule has 1 fully saturated rings. The fourth-order valence-corrected chi connectivity index (χ4v) is 4.03. The molecule has 0 aliphatic carbocycles. The Balaban J connectivity index is 0.00000289. The van der Waals surface area contributed by atoms with Crippen molar-refractivity contribution in [3.63, 3.8) is 0 Å². The molecule has 0 radical (unpaired) electrons. The van der Waals surface area contributed by atoms with Crippen molar-refractivity contribution in [2.24, 2.45) is 4.99 Å². The van der Waals surface area contributed by atoms with Gasteiger partial charge in [-0.15, -0.1) is 24.0 Å². The highest BCUT2D eigenvalue weighted by Crippen LogP contribution is 2.32. The zero-order chi connectivity index (χ0) is 21.6. The van der Waals surface area contributed by atoms with Gasteiger partial charge >= 0.3 is 0 Å². The van der Waals surface area contributed by atoms with Gasteiger partial charge in [0, 0.05) is 74.2 Å². The number of fused-ring (bicyclic) bond motifs is 1. The fourth-order valence-electron chi connectivity index (χ4n) is 3.79.